The average Bonchev–Trinajstić information content (AvgIpc) is 2.67. The van der Waals surface area contributed by atoms with Crippen LogP contribution >= 0.6 is 0 Å². The van der Waals surface area contributed by atoms with Gasteiger partial charge in [-0.15, -0.1) is 0 Å². The topological polar surface area (TPSA) is 101 Å². The van der Waals surface area contributed by atoms with Crippen LogP contribution in [0.5, 0.6) is 0 Å². The van der Waals surface area contributed by atoms with Crippen LogP contribution in [0.25, 0.3) is 22.0 Å². The number of rotatable bonds is 8. The first-order valence-electron chi connectivity index (χ1n) is 9.52. The van der Waals surface area contributed by atoms with E-state index in [1.165, 1.54) is 0 Å². The lowest BCUT2D eigenvalue weighted by atomic mass is 9.93. The molecular formula is C22H26N4O2. The molecule has 1 amide bonds. The van der Waals surface area contributed by atoms with Crippen molar-refractivity contribution in [3.05, 3.63) is 53.9 Å². The minimum Gasteiger partial charge on any atom is -0.396 e. The molecule has 4 N–H and O–H groups in total. The quantitative estimate of drug-likeness (QED) is 0.558. The summed E-state index contributed by atoms with van der Waals surface area (Å²) < 4.78 is 0. The van der Waals surface area contributed by atoms with Crippen LogP contribution in [-0.2, 0) is 6.42 Å². The molecule has 3 aromatic rings. The average molecular weight is 378 g/mol. The predicted octanol–water partition coefficient (Wildman–Crippen LogP) is 3.39. The smallest absolute Gasteiger partial charge is 0.249 e. The Bertz CT molecular complexity index is 985. The van der Waals surface area contributed by atoms with Gasteiger partial charge in [0.2, 0.25) is 5.91 Å². The van der Waals surface area contributed by atoms with Crippen molar-refractivity contribution < 1.29 is 9.90 Å². The van der Waals surface area contributed by atoms with Gasteiger partial charge in [-0.3, -0.25) is 4.79 Å². The molecule has 0 bridgehead atoms. The zero-order chi connectivity index (χ0) is 20.1. The Hall–Kier alpha value is -2.99. The number of hydrogen-bond acceptors (Lipinski definition) is 5. The predicted molar refractivity (Wildman–Crippen MR) is 112 cm³/mol. The fraction of sp³-hybridized carbons (Fsp3) is 0.318. The Labute approximate surface area is 164 Å². The van der Waals surface area contributed by atoms with Crippen molar-refractivity contribution >= 4 is 22.6 Å². The molecule has 28 heavy (non-hydrogen) atoms. The maximum atomic E-state index is 12.1. The molecule has 0 saturated carbocycles. The molecule has 1 heterocycles. The highest BCUT2D eigenvalue weighted by atomic mass is 16.3. The molecule has 0 unspecified atom stereocenters. The number of hydrogen-bond donors (Lipinski definition) is 3. The number of carbonyl (C=O) groups is 1. The molecular weight excluding hydrogens is 352 g/mol. The summed E-state index contributed by atoms with van der Waals surface area (Å²) in [7, 11) is 0. The van der Waals surface area contributed by atoms with Crippen LogP contribution in [0.3, 0.4) is 0 Å². The molecule has 0 radical (unpaired) electrons. The molecule has 0 spiro atoms. The van der Waals surface area contributed by atoms with Crippen LogP contribution in [0, 0.1) is 5.92 Å². The van der Waals surface area contributed by atoms with Crippen molar-refractivity contribution in [2.24, 2.45) is 11.7 Å². The fourth-order valence-electron chi connectivity index (χ4n) is 3.30. The lowest BCUT2D eigenvalue weighted by Gasteiger charge is -2.14. The molecule has 0 saturated heterocycles. The Balaban J connectivity index is 2.07. The first kappa shape index (κ1) is 19.8. The van der Waals surface area contributed by atoms with Gasteiger partial charge >= 0.3 is 0 Å². The second kappa shape index (κ2) is 8.80. The van der Waals surface area contributed by atoms with Gasteiger partial charge in [0, 0.05) is 18.5 Å². The number of aromatic nitrogens is 2. The summed E-state index contributed by atoms with van der Waals surface area (Å²) in [5, 5.41) is 13.6. The Morgan fingerprint density at radius 2 is 2.04 bits per heavy atom. The van der Waals surface area contributed by atoms with Crippen LogP contribution in [0.15, 0.2) is 42.7 Å². The van der Waals surface area contributed by atoms with Gasteiger partial charge in [-0.1, -0.05) is 38.1 Å². The van der Waals surface area contributed by atoms with E-state index in [-0.39, 0.29) is 6.61 Å². The minimum atomic E-state index is -0.501. The number of amides is 1. The first-order chi connectivity index (χ1) is 13.5. The molecule has 0 aliphatic carbocycles. The van der Waals surface area contributed by atoms with Gasteiger partial charge in [-0.05, 0) is 47.6 Å². The molecule has 3 rings (SSSR count). The van der Waals surface area contributed by atoms with Crippen molar-refractivity contribution in [2.45, 2.75) is 26.7 Å². The fourth-order valence-corrected chi connectivity index (χ4v) is 3.30. The maximum Gasteiger partial charge on any atom is 0.249 e. The van der Waals surface area contributed by atoms with Gasteiger partial charge in [-0.25, -0.2) is 9.97 Å². The van der Waals surface area contributed by atoms with Crippen LogP contribution in [0.2, 0.25) is 0 Å². The van der Waals surface area contributed by atoms with E-state index >= 15 is 0 Å². The number of primary amides is 1. The van der Waals surface area contributed by atoms with Crippen LogP contribution in [-0.4, -0.2) is 34.1 Å². The number of aliphatic hydroxyl groups is 1. The van der Waals surface area contributed by atoms with Crippen LogP contribution in [0.4, 0.5) is 5.82 Å². The van der Waals surface area contributed by atoms with Crippen molar-refractivity contribution in [1.29, 1.82) is 0 Å². The van der Waals surface area contributed by atoms with Gasteiger partial charge < -0.3 is 16.2 Å². The van der Waals surface area contributed by atoms with Crippen molar-refractivity contribution in [2.75, 3.05) is 18.5 Å². The van der Waals surface area contributed by atoms with Crippen molar-refractivity contribution in [1.82, 2.24) is 9.97 Å². The lowest BCUT2D eigenvalue weighted by molar-refractivity contribution is 0.1000. The number of aliphatic hydroxyl groups excluding tert-OH is 1. The van der Waals surface area contributed by atoms with Gasteiger partial charge in [0.1, 0.15) is 12.1 Å². The summed E-state index contributed by atoms with van der Waals surface area (Å²) in [4.78, 5) is 20.9. The molecule has 146 valence electrons. The number of nitrogens with two attached hydrogens (primary N) is 1. The van der Waals surface area contributed by atoms with E-state index in [0.29, 0.717) is 17.9 Å². The third kappa shape index (κ3) is 4.28. The van der Waals surface area contributed by atoms with E-state index in [2.05, 4.69) is 29.1 Å². The van der Waals surface area contributed by atoms with Gasteiger partial charge in [-0.2, -0.15) is 0 Å². The van der Waals surface area contributed by atoms with E-state index < -0.39 is 5.91 Å². The summed E-state index contributed by atoms with van der Waals surface area (Å²) in [6, 6.07) is 11.4. The highest BCUT2D eigenvalue weighted by Gasteiger charge is 2.16. The molecule has 2 aromatic carbocycles. The second-order valence-electron chi connectivity index (χ2n) is 7.24. The normalized spacial score (nSPS) is 11.1. The highest BCUT2D eigenvalue weighted by Crippen LogP contribution is 2.30. The molecule has 0 aliphatic rings. The molecule has 0 atom stereocenters. The van der Waals surface area contributed by atoms with Crippen LogP contribution < -0.4 is 11.1 Å². The summed E-state index contributed by atoms with van der Waals surface area (Å²) >= 11 is 0. The lowest BCUT2D eigenvalue weighted by Crippen LogP contribution is -2.16. The zero-order valence-corrected chi connectivity index (χ0v) is 16.3. The summed E-state index contributed by atoms with van der Waals surface area (Å²) in [5.41, 5.74) is 9.29. The second-order valence-corrected chi connectivity index (χ2v) is 7.24. The Morgan fingerprint density at radius 3 is 2.75 bits per heavy atom. The number of benzene rings is 2. The van der Waals surface area contributed by atoms with E-state index in [9.17, 15) is 9.90 Å². The molecule has 0 fully saturated rings. The van der Waals surface area contributed by atoms with Gasteiger partial charge in [0.25, 0.3) is 0 Å². The first-order valence-corrected chi connectivity index (χ1v) is 9.52. The molecule has 6 heteroatoms. The molecule has 1 aromatic heterocycles. The third-order valence-corrected chi connectivity index (χ3v) is 4.74. The van der Waals surface area contributed by atoms with Crippen molar-refractivity contribution in [3.8, 4) is 11.1 Å². The van der Waals surface area contributed by atoms with E-state index in [4.69, 9.17) is 5.73 Å². The molecule has 0 aliphatic heterocycles. The summed E-state index contributed by atoms with van der Waals surface area (Å²) in [6.07, 6.45) is 2.97. The van der Waals surface area contributed by atoms with E-state index in [1.807, 2.05) is 36.4 Å². The number of anilines is 1. The highest BCUT2D eigenvalue weighted by molar-refractivity contribution is 6.02. The van der Waals surface area contributed by atoms with Crippen LogP contribution in [0.1, 0.15) is 36.2 Å². The Kier molecular flexibility index (Phi) is 6.21. The molecule has 6 nitrogen and oxygen atoms in total. The maximum absolute atomic E-state index is 12.1. The van der Waals surface area contributed by atoms with Crippen molar-refractivity contribution in [3.63, 3.8) is 0 Å². The number of nitrogens with one attached hydrogen (secondary N) is 1. The largest absolute Gasteiger partial charge is 0.396 e. The third-order valence-electron chi connectivity index (χ3n) is 4.74. The summed E-state index contributed by atoms with van der Waals surface area (Å²) in [6.45, 7) is 5.15. The summed E-state index contributed by atoms with van der Waals surface area (Å²) in [5.74, 6) is 0.877. The van der Waals surface area contributed by atoms with E-state index in [1.54, 1.807) is 6.33 Å². The number of fused-ring (bicyclic) bond motifs is 1. The number of carbonyl (C=O) groups excluding carboxylic acids is 1. The SMILES string of the molecule is CC(C)CCNc1ncnc2ccc(-c3cccc(CCO)c3C(N)=O)cc12. The zero-order valence-electron chi connectivity index (χ0n) is 16.3. The number of nitrogens with zero attached hydrogens (tertiary/aromatic N) is 2. The van der Waals surface area contributed by atoms with E-state index in [0.717, 1.165) is 46.4 Å². The Morgan fingerprint density at radius 1 is 1.21 bits per heavy atom. The monoisotopic (exact) mass is 378 g/mol. The standard InChI is InChI=1S/C22H26N4O2/c1-14(2)8-10-24-22-18-12-16(6-7-19(18)25-13-26-22)17-5-3-4-15(9-11-27)20(17)21(23)28/h3-7,12-14,27H,8-11H2,1-2H3,(H2,23,28)(H,24,25,26). The van der Waals surface area contributed by atoms with Gasteiger partial charge in [0.05, 0.1) is 11.1 Å². The minimum absolute atomic E-state index is 0.0424. The van der Waals surface area contributed by atoms with Gasteiger partial charge in [0.15, 0.2) is 0 Å².